The molecule has 0 unspecified atom stereocenters. The van der Waals surface area contributed by atoms with Crippen LogP contribution in [0.3, 0.4) is 0 Å². The minimum Gasteiger partial charge on any atom is -0.292 e. The van der Waals surface area contributed by atoms with Gasteiger partial charge in [-0.05, 0) is 68.0 Å². The van der Waals surface area contributed by atoms with Gasteiger partial charge < -0.3 is 0 Å². The third-order valence-electron chi connectivity index (χ3n) is 6.80. The molecule has 0 aromatic heterocycles. The molecule has 3 amide bonds. The summed E-state index contributed by atoms with van der Waals surface area (Å²) in [6.45, 7) is 2.05. The van der Waals surface area contributed by atoms with Gasteiger partial charge in [0.2, 0.25) is 0 Å². The molecule has 9 heteroatoms. The molecule has 0 radical (unpaired) electrons. The van der Waals surface area contributed by atoms with Crippen LogP contribution in [-0.2, 0) is 9.59 Å². The van der Waals surface area contributed by atoms with E-state index in [4.69, 9.17) is 34.8 Å². The number of hydrazine groups is 1. The fraction of sp³-hybridized carbons (Fsp3) is 0.385. The lowest BCUT2D eigenvalue weighted by molar-refractivity contribution is -0.156. The number of rotatable bonds is 7. The van der Waals surface area contributed by atoms with Crippen LogP contribution in [0.15, 0.2) is 48.5 Å². The van der Waals surface area contributed by atoms with Crippen LogP contribution >= 0.6 is 34.8 Å². The summed E-state index contributed by atoms with van der Waals surface area (Å²) in [7, 11) is 0. The lowest BCUT2D eigenvalue weighted by Crippen LogP contribution is -2.57. The molecule has 184 valence electrons. The summed E-state index contributed by atoms with van der Waals surface area (Å²) in [4.78, 5) is 54.7. The topological polar surface area (TPSA) is 74.8 Å². The smallest absolute Gasteiger partial charge is 0.275 e. The van der Waals surface area contributed by atoms with Crippen molar-refractivity contribution in [3.8, 4) is 0 Å². The number of ketones is 1. The first-order valence-electron chi connectivity index (χ1n) is 11.6. The third kappa shape index (κ3) is 4.97. The summed E-state index contributed by atoms with van der Waals surface area (Å²) in [5, 5.41) is 2.48. The van der Waals surface area contributed by atoms with Gasteiger partial charge in [-0.2, -0.15) is 5.01 Å². The minimum absolute atomic E-state index is 0.0242. The first kappa shape index (κ1) is 25.7. The van der Waals surface area contributed by atoms with E-state index < -0.39 is 41.4 Å². The van der Waals surface area contributed by atoms with Crippen LogP contribution in [0, 0.1) is 17.8 Å². The highest BCUT2D eigenvalue weighted by atomic mass is 35.5. The van der Waals surface area contributed by atoms with E-state index in [1.165, 1.54) is 6.07 Å². The van der Waals surface area contributed by atoms with Crippen molar-refractivity contribution in [1.29, 1.82) is 0 Å². The van der Waals surface area contributed by atoms with Crippen molar-refractivity contribution in [3.63, 3.8) is 0 Å². The molecule has 2 aliphatic rings. The maximum Gasteiger partial charge on any atom is 0.275 e. The summed E-state index contributed by atoms with van der Waals surface area (Å²) in [5.41, 5.74) is 0.369. The second-order valence-electron chi connectivity index (χ2n) is 9.11. The molecule has 1 saturated carbocycles. The molecule has 6 nitrogen and oxygen atoms in total. The number of hydrogen-bond donors (Lipinski definition) is 0. The SMILES string of the molecule is C[C@@H]1CC[C@@H]2C(=O)N(N(C(=O)c3ccccc3Cl)[C@H](CCCl)C(=O)c3ccc(Cl)cc3)C(=O)[C@H]2C1. The summed E-state index contributed by atoms with van der Waals surface area (Å²) in [6.07, 6.45) is 1.97. The maximum atomic E-state index is 13.9. The first-order chi connectivity index (χ1) is 16.7. The van der Waals surface area contributed by atoms with Crippen LogP contribution in [0.25, 0.3) is 0 Å². The molecule has 1 aliphatic carbocycles. The number of alkyl halides is 1. The molecule has 0 bridgehead atoms. The summed E-state index contributed by atoms with van der Waals surface area (Å²) >= 11 is 18.4. The van der Waals surface area contributed by atoms with Crippen molar-refractivity contribution in [3.05, 3.63) is 69.7 Å². The Balaban J connectivity index is 1.82. The van der Waals surface area contributed by atoms with Gasteiger partial charge in [-0.1, -0.05) is 42.3 Å². The van der Waals surface area contributed by atoms with E-state index in [-0.39, 0.29) is 34.4 Å². The van der Waals surface area contributed by atoms with E-state index in [1.807, 2.05) is 6.92 Å². The summed E-state index contributed by atoms with van der Waals surface area (Å²) < 4.78 is 0. The quantitative estimate of drug-likeness (QED) is 0.261. The molecular formula is C26H25Cl3N2O4. The zero-order chi connectivity index (χ0) is 25.3. The second kappa shape index (κ2) is 10.7. The lowest BCUT2D eigenvalue weighted by atomic mass is 9.76. The van der Waals surface area contributed by atoms with Crippen LogP contribution in [0.4, 0.5) is 0 Å². The average molecular weight is 536 g/mol. The fourth-order valence-electron chi connectivity index (χ4n) is 4.99. The number of carbonyl (C=O) groups excluding carboxylic acids is 4. The van der Waals surface area contributed by atoms with E-state index in [2.05, 4.69) is 0 Å². The van der Waals surface area contributed by atoms with Gasteiger partial charge in [-0.15, -0.1) is 11.6 Å². The van der Waals surface area contributed by atoms with Crippen LogP contribution in [0.1, 0.15) is 53.3 Å². The molecule has 4 rings (SSSR count). The summed E-state index contributed by atoms with van der Waals surface area (Å²) in [5.74, 6) is -2.80. The monoisotopic (exact) mass is 534 g/mol. The van der Waals surface area contributed by atoms with E-state index in [0.717, 1.165) is 16.4 Å². The third-order valence-corrected chi connectivity index (χ3v) is 7.60. The Kier molecular flexibility index (Phi) is 7.84. The molecule has 1 saturated heterocycles. The number of hydrogen-bond acceptors (Lipinski definition) is 4. The molecular weight excluding hydrogens is 511 g/mol. The van der Waals surface area contributed by atoms with Crippen LogP contribution in [0.5, 0.6) is 0 Å². The van der Waals surface area contributed by atoms with Gasteiger partial charge in [-0.3, -0.25) is 19.2 Å². The maximum absolute atomic E-state index is 13.9. The Bertz CT molecular complexity index is 1150. The normalized spacial score (nSPS) is 22.6. The standard InChI is InChI=1S/C26H25Cl3N2O4/c1-15-6-11-18-20(14-15)26(35)31(24(18)33)30(25(34)19-4-2-3-5-21(19)29)22(12-13-27)23(32)16-7-9-17(28)10-8-16/h2-5,7-10,15,18,20,22H,6,11-14H2,1H3/t15-,18+,20+,22-/m1/s1. The zero-order valence-corrected chi connectivity index (χ0v) is 21.4. The molecule has 2 aromatic carbocycles. The summed E-state index contributed by atoms with van der Waals surface area (Å²) in [6, 6.07) is 11.4. The Morgan fingerprint density at radius 2 is 1.66 bits per heavy atom. The van der Waals surface area contributed by atoms with Gasteiger partial charge in [0.25, 0.3) is 17.7 Å². The Hall–Kier alpha value is -2.41. The average Bonchev–Trinajstić information content (AvgIpc) is 3.08. The van der Waals surface area contributed by atoms with Crippen LogP contribution in [0.2, 0.25) is 10.0 Å². The number of nitrogens with zero attached hydrogens (tertiary/aromatic N) is 2. The lowest BCUT2D eigenvalue weighted by Gasteiger charge is -2.36. The molecule has 2 fully saturated rings. The van der Waals surface area contributed by atoms with Crippen molar-refractivity contribution in [1.82, 2.24) is 10.0 Å². The molecule has 1 heterocycles. The van der Waals surface area contributed by atoms with E-state index in [9.17, 15) is 19.2 Å². The van der Waals surface area contributed by atoms with Gasteiger partial charge in [0.1, 0.15) is 6.04 Å². The number of fused-ring (bicyclic) bond motifs is 1. The van der Waals surface area contributed by atoms with Crippen molar-refractivity contribution in [2.75, 3.05) is 5.88 Å². The predicted molar refractivity (Wildman–Crippen MR) is 134 cm³/mol. The zero-order valence-electron chi connectivity index (χ0n) is 19.1. The number of imide groups is 1. The highest BCUT2D eigenvalue weighted by Gasteiger charge is 2.54. The Morgan fingerprint density at radius 3 is 2.31 bits per heavy atom. The highest BCUT2D eigenvalue weighted by Crippen LogP contribution is 2.42. The van der Waals surface area contributed by atoms with Crippen molar-refractivity contribution in [2.45, 2.75) is 38.6 Å². The van der Waals surface area contributed by atoms with Crippen LogP contribution < -0.4 is 0 Å². The van der Waals surface area contributed by atoms with Gasteiger partial charge in [0.15, 0.2) is 5.78 Å². The minimum atomic E-state index is -1.19. The van der Waals surface area contributed by atoms with Crippen molar-refractivity contribution < 1.29 is 19.2 Å². The number of amides is 3. The largest absolute Gasteiger partial charge is 0.292 e. The van der Waals surface area contributed by atoms with Gasteiger partial charge in [-0.25, -0.2) is 5.01 Å². The van der Waals surface area contributed by atoms with E-state index in [1.54, 1.807) is 42.5 Å². The van der Waals surface area contributed by atoms with Crippen LogP contribution in [-0.4, -0.2) is 45.4 Å². The van der Waals surface area contributed by atoms with E-state index >= 15 is 0 Å². The Labute approximate surface area is 219 Å². The first-order valence-corrected chi connectivity index (χ1v) is 12.8. The van der Waals surface area contributed by atoms with Crippen molar-refractivity contribution >= 4 is 58.3 Å². The molecule has 2 aromatic rings. The molecule has 0 spiro atoms. The number of Topliss-reactive ketones (excluding diaryl/α,β-unsaturated/α-hetero) is 1. The number of halogens is 3. The number of carbonyl (C=O) groups is 4. The van der Waals surface area contributed by atoms with Gasteiger partial charge in [0.05, 0.1) is 22.4 Å². The highest BCUT2D eigenvalue weighted by molar-refractivity contribution is 6.34. The fourth-order valence-corrected chi connectivity index (χ4v) is 5.54. The van der Waals surface area contributed by atoms with E-state index in [0.29, 0.717) is 17.9 Å². The second-order valence-corrected chi connectivity index (χ2v) is 10.3. The van der Waals surface area contributed by atoms with Crippen molar-refractivity contribution in [2.24, 2.45) is 17.8 Å². The predicted octanol–water partition coefficient (Wildman–Crippen LogP) is 5.65. The Morgan fingerprint density at radius 1 is 1.00 bits per heavy atom. The van der Waals surface area contributed by atoms with Gasteiger partial charge in [0, 0.05) is 16.5 Å². The number of benzene rings is 2. The molecule has 4 atom stereocenters. The molecule has 35 heavy (non-hydrogen) atoms. The molecule has 1 aliphatic heterocycles. The molecule has 0 N–H and O–H groups in total. The van der Waals surface area contributed by atoms with Gasteiger partial charge >= 0.3 is 0 Å².